The molecule has 2 heterocycles. The number of fused-ring (bicyclic) bond motifs is 1. The molecule has 6 heteroatoms. The summed E-state index contributed by atoms with van der Waals surface area (Å²) in [7, 11) is 0. The standard InChI is InChI=1S/C20H25N3O3/c1-5-8-23-16-7-6-13(9-14(16)12(2)11-20(23,3)4)10-15-17(24)21-19(26)22-18(15)25/h6-7,9-10,12H,5,8,11H2,1-4H3,(H2,21,22,24,25,26). The zero-order valence-electron chi connectivity index (χ0n) is 15.7. The van der Waals surface area contributed by atoms with Gasteiger partial charge >= 0.3 is 6.03 Å². The minimum atomic E-state index is -0.784. The second kappa shape index (κ2) is 6.59. The minimum Gasteiger partial charge on any atom is -0.366 e. The number of hydrogen-bond donors (Lipinski definition) is 2. The number of hydrogen-bond acceptors (Lipinski definition) is 4. The molecular formula is C20H25N3O3. The molecular weight excluding hydrogens is 330 g/mol. The predicted molar refractivity (Wildman–Crippen MR) is 101 cm³/mol. The summed E-state index contributed by atoms with van der Waals surface area (Å²) in [6.45, 7) is 9.91. The molecule has 0 aliphatic carbocycles. The monoisotopic (exact) mass is 355 g/mol. The Morgan fingerprint density at radius 2 is 1.85 bits per heavy atom. The van der Waals surface area contributed by atoms with Gasteiger partial charge in [-0.15, -0.1) is 0 Å². The first-order chi connectivity index (χ1) is 12.2. The maximum absolute atomic E-state index is 11.9. The highest BCUT2D eigenvalue weighted by molar-refractivity contribution is 6.31. The largest absolute Gasteiger partial charge is 0.366 e. The Balaban J connectivity index is 2.00. The second-order valence-corrected chi connectivity index (χ2v) is 7.68. The van der Waals surface area contributed by atoms with Gasteiger partial charge in [0.2, 0.25) is 0 Å². The number of urea groups is 1. The van der Waals surface area contributed by atoms with E-state index in [2.05, 4.69) is 49.3 Å². The molecule has 1 saturated heterocycles. The third kappa shape index (κ3) is 3.23. The van der Waals surface area contributed by atoms with Gasteiger partial charge in [0.05, 0.1) is 0 Å². The molecule has 2 aliphatic rings. The molecule has 4 amide bonds. The zero-order valence-corrected chi connectivity index (χ0v) is 15.7. The molecule has 0 saturated carbocycles. The highest BCUT2D eigenvalue weighted by Gasteiger charge is 2.36. The van der Waals surface area contributed by atoms with E-state index in [1.165, 1.54) is 17.3 Å². The van der Waals surface area contributed by atoms with Crippen molar-refractivity contribution in [3.05, 3.63) is 34.9 Å². The number of rotatable bonds is 3. The van der Waals surface area contributed by atoms with Crippen molar-refractivity contribution < 1.29 is 14.4 Å². The highest BCUT2D eigenvalue weighted by Crippen LogP contribution is 2.43. The Bertz CT molecular complexity index is 789. The van der Waals surface area contributed by atoms with Crippen molar-refractivity contribution in [2.75, 3.05) is 11.4 Å². The van der Waals surface area contributed by atoms with Gasteiger partial charge in [0, 0.05) is 17.8 Å². The number of barbiturate groups is 1. The molecule has 1 fully saturated rings. The van der Waals surface area contributed by atoms with E-state index in [9.17, 15) is 14.4 Å². The van der Waals surface area contributed by atoms with Crippen molar-refractivity contribution >= 4 is 29.6 Å². The van der Waals surface area contributed by atoms with Crippen LogP contribution >= 0.6 is 0 Å². The van der Waals surface area contributed by atoms with Gasteiger partial charge in [0.1, 0.15) is 5.57 Å². The minimum absolute atomic E-state index is 0.0567. The van der Waals surface area contributed by atoms with Crippen molar-refractivity contribution in [3.8, 4) is 0 Å². The lowest BCUT2D eigenvalue weighted by Crippen LogP contribution is -2.51. The van der Waals surface area contributed by atoms with Gasteiger partial charge in [-0.1, -0.05) is 19.9 Å². The van der Waals surface area contributed by atoms with E-state index >= 15 is 0 Å². The molecule has 138 valence electrons. The summed E-state index contributed by atoms with van der Waals surface area (Å²) in [6, 6.07) is 5.24. The van der Waals surface area contributed by atoms with Crippen LogP contribution in [0.3, 0.4) is 0 Å². The molecule has 0 spiro atoms. The first kappa shape index (κ1) is 18.2. The van der Waals surface area contributed by atoms with Gasteiger partial charge < -0.3 is 4.90 Å². The lowest BCUT2D eigenvalue weighted by molar-refractivity contribution is -0.123. The summed E-state index contributed by atoms with van der Waals surface area (Å²) in [5.74, 6) is -0.960. The third-order valence-corrected chi connectivity index (χ3v) is 5.11. The summed E-state index contributed by atoms with van der Waals surface area (Å²) >= 11 is 0. The first-order valence-corrected chi connectivity index (χ1v) is 9.03. The van der Waals surface area contributed by atoms with E-state index in [4.69, 9.17) is 0 Å². The predicted octanol–water partition coefficient (Wildman–Crippen LogP) is 2.94. The third-order valence-electron chi connectivity index (χ3n) is 5.11. The molecule has 1 aromatic carbocycles. The Labute approximate surface area is 153 Å². The number of imide groups is 2. The van der Waals surface area contributed by atoms with Crippen molar-refractivity contribution in [1.82, 2.24) is 10.6 Å². The van der Waals surface area contributed by atoms with Crippen LogP contribution in [0.15, 0.2) is 23.8 Å². The lowest BCUT2D eigenvalue weighted by atomic mass is 9.79. The van der Waals surface area contributed by atoms with Crippen LogP contribution in [-0.4, -0.2) is 29.9 Å². The second-order valence-electron chi connectivity index (χ2n) is 7.68. The normalized spacial score (nSPS) is 21.8. The van der Waals surface area contributed by atoms with Crippen molar-refractivity contribution in [2.24, 2.45) is 0 Å². The van der Waals surface area contributed by atoms with Crippen LogP contribution < -0.4 is 15.5 Å². The molecule has 3 rings (SSSR count). The fourth-order valence-corrected chi connectivity index (χ4v) is 4.02. The molecule has 1 unspecified atom stereocenters. The molecule has 2 N–H and O–H groups in total. The van der Waals surface area contributed by atoms with E-state index in [0.29, 0.717) is 5.92 Å². The molecule has 1 atom stereocenters. The van der Waals surface area contributed by atoms with E-state index in [0.717, 1.165) is 24.9 Å². The fourth-order valence-electron chi connectivity index (χ4n) is 4.02. The quantitative estimate of drug-likeness (QED) is 0.645. The number of anilines is 1. The molecule has 2 aliphatic heterocycles. The van der Waals surface area contributed by atoms with Gasteiger partial charge in [-0.3, -0.25) is 20.2 Å². The Morgan fingerprint density at radius 3 is 2.46 bits per heavy atom. The van der Waals surface area contributed by atoms with Gasteiger partial charge in [-0.25, -0.2) is 4.79 Å². The first-order valence-electron chi connectivity index (χ1n) is 9.03. The van der Waals surface area contributed by atoms with Crippen LogP contribution in [0.5, 0.6) is 0 Å². The Hall–Kier alpha value is -2.63. The van der Waals surface area contributed by atoms with E-state index in [1.54, 1.807) is 0 Å². The summed E-state index contributed by atoms with van der Waals surface area (Å²) in [5, 5.41) is 4.20. The topological polar surface area (TPSA) is 78.5 Å². The summed E-state index contributed by atoms with van der Waals surface area (Å²) in [5.41, 5.74) is 3.25. The van der Waals surface area contributed by atoms with Crippen LogP contribution in [0.4, 0.5) is 10.5 Å². The summed E-state index contributed by atoms with van der Waals surface area (Å²) in [6.07, 6.45) is 3.64. The molecule has 0 bridgehead atoms. The van der Waals surface area contributed by atoms with Crippen molar-refractivity contribution in [3.63, 3.8) is 0 Å². The van der Waals surface area contributed by atoms with Crippen molar-refractivity contribution in [2.45, 2.75) is 52.0 Å². The van der Waals surface area contributed by atoms with Crippen molar-refractivity contribution in [1.29, 1.82) is 0 Å². The van der Waals surface area contributed by atoms with Gasteiger partial charge in [0.25, 0.3) is 11.8 Å². The van der Waals surface area contributed by atoms with Crippen LogP contribution in [0, 0.1) is 0 Å². The maximum Gasteiger partial charge on any atom is 0.328 e. The summed E-state index contributed by atoms with van der Waals surface area (Å²) in [4.78, 5) is 37.5. The number of carbonyl (C=O) groups is 3. The van der Waals surface area contributed by atoms with Crippen LogP contribution in [0.1, 0.15) is 57.6 Å². The molecule has 1 aromatic rings. The fraction of sp³-hybridized carbons (Fsp3) is 0.450. The van der Waals surface area contributed by atoms with Gasteiger partial charge in [0.15, 0.2) is 0 Å². The maximum atomic E-state index is 11.9. The SMILES string of the molecule is CCCN1c2ccc(C=C3C(=O)NC(=O)NC3=O)cc2C(C)CC1(C)C. The zero-order chi connectivity index (χ0) is 19.1. The van der Waals surface area contributed by atoms with Crippen LogP contribution in [0.25, 0.3) is 6.08 Å². The van der Waals surface area contributed by atoms with Gasteiger partial charge in [-0.2, -0.15) is 0 Å². The molecule has 0 aromatic heterocycles. The number of nitrogens with zero attached hydrogens (tertiary/aromatic N) is 1. The van der Waals surface area contributed by atoms with Gasteiger partial charge in [-0.05, 0) is 61.9 Å². The number of amides is 4. The van der Waals surface area contributed by atoms with E-state index < -0.39 is 17.8 Å². The van der Waals surface area contributed by atoms with E-state index in [1.807, 2.05) is 12.1 Å². The molecule has 0 radical (unpaired) electrons. The average molecular weight is 355 g/mol. The Kier molecular flexibility index (Phi) is 4.61. The van der Waals surface area contributed by atoms with E-state index in [-0.39, 0.29) is 11.1 Å². The number of benzene rings is 1. The number of nitrogens with one attached hydrogen (secondary N) is 2. The van der Waals surface area contributed by atoms with Crippen LogP contribution in [-0.2, 0) is 9.59 Å². The lowest BCUT2D eigenvalue weighted by Gasteiger charge is -2.47. The van der Waals surface area contributed by atoms with Crippen LogP contribution in [0.2, 0.25) is 0 Å². The smallest absolute Gasteiger partial charge is 0.328 e. The average Bonchev–Trinajstić information content (AvgIpc) is 2.54. The Morgan fingerprint density at radius 1 is 1.19 bits per heavy atom. The highest BCUT2D eigenvalue weighted by atomic mass is 16.2. The molecule has 6 nitrogen and oxygen atoms in total. The number of carbonyl (C=O) groups excluding carboxylic acids is 3. The molecule has 26 heavy (non-hydrogen) atoms. The summed E-state index contributed by atoms with van der Waals surface area (Å²) < 4.78 is 0.